The number of rotatable bonds is 7. The molecule has 0 aliphatic rings. The number of ketones is 1. The summed E-state index contributed by atoms with van der Waals surface area (Å²) in [5, 5.41) is 11.4. The maximum absolute atomic E-state index is 12.2. The second-order valence-electron chi connectivity index (χ2n) is 5.02. The fraction of sp³-hybridized carbons (Fsp3) is 0.176. The predicted molar refractivity (Wildman–Crippen MR) is 89.9 cm³/mol. The number of nitro groups is 1. The number of hydrogen-bond acceptors (Lipinski definition) is 6. The topological polar surface area (TPSA) is 95.7 Å². The monoisotopic (exact) mass is 363 g/mol. The first-order valence-electron chi connectivity index (χ1n) is 7.24. The van der Waals surface area contributed by atoms with E-state index < -0.39 is 29.4 Å². The fourth-order valence-corrected chi connectivity index (χ4v) is 2.13. The van der Waals surface area contributed by atoms with Gasteiger partial charge in [0.05, 0.1) is 4.92 Å². The van der Waals surface area contributed by atoms with Crippen molar-refractivity contribution >= 4 is 29.0 Å². The second kappa shape index (κ2) is 8.25. The predicted octanol–water partition coefficient (Wildman–Crippen LogP) is 3.44. The van der Waals surface area contributed by atoms with Crippen LogP contribution < -0.4 is 4.74 Å². The smallest absolute Gasteiger partial charge is 0.344 e. The van der Waals surface area contributed by atoms with Crippen molar-refractivity contribution in [3.63, 3.8) is 0 Å². The van der Waals surface area contributed by atoms with E-state index in [9.17, 15) is 19.7 Å². The van der Waals surface area contributed by atoms with Crippen LogP contribution in [0.4, 0.5) is 5.69 Å². The lowest BCUT2D eigenvalue weighted by Gasteiger charge is -2.13. The quantitative estimate of drug-likeness (QED) is 0.323. The number of esters is 1. The molecular formula is C17H14ClNO6. The number of halogens is 1. The summed E-state index contributed by atoms with van der Waals surface area (Å²) in [4.78, 5) is 34.2. The first-order valence-corrected chi connectivity index (χ1v) is 7.61. The van der Waals surface area contributed by atoms with Crippen molar-refractivity contribution in [2.45, 2.75) is 13.0 Å². The average Bonchev–Trinajstić information content (AvgIpc) is 2.60. The molecule has 0 unspecified atom stereocenters. The highest BCUT2D eigenvalue weighted by Gasteiger charge is 2.21. The molecule has 0 spiro atoms. The minimum absolute atomic E-state index is 0.0545. The molecule has 0 aromatic heterocycles. The van der Waals surface area contributed by atoms with Gasteiger partial charge in [0.2, 0.25) is 5.78 Å². The second-order valence-corrected chi connectivity index (χ2v) is 5.45. The molecule has 2 aromatic carbocycles. The summed E-state index contributed by atoms with van der Waals surface area (Å²) in [5.41, 5.74) is 0.0879. The molecule has 130 valence electrons. The van der Waals surface area contributed by atoms with Crippen LogP contribution in [0.15, 0.2) is 48.5 Å². The van der Waals surface area contributed by atoms with Gasteiger partial charge in [0.25, 0.3) is 0 Å². The molecule has 0 aliphatic carbocycles. The van der Waals surface area contributed by atoms with Crippen molar-refractivity contribution in [2.24, 2.45) is 0 Å². The van der Waals surface area contributed by atoms with E-state index in [1.54, 1.807) is 18.2 Å². The van der Waals surface area contributed by atoms with Crippen LogP contribution in [0.5, 0.6) is 5.75 Å². The van der Waals surface area contributed by atoms with Gasteiger partial charge in [-0.1, -0.05) is 23.7 Å². The van der Waals surface area contributed by atoms with E-state index in [-0.39, 0.29) is 11.4 Å². The SMILES string of the molecule is C[C@H](OC(=O)COc1ccccc1[N+](=O)[O-])C(=O)c1ccc(Cl)cc1. The summed E-state index contributed by atoms with van der Waals surface area (Å²) >= 11 is 5.75. The first kappa shape index (κ1) is 18.4. The number of carbonyl (C=O) groups excluding carboxylic acids is 2. The van der Waals surface area contributed by atoms with E-state index in [1.807, 2.05) is 0 Å². The summed E-state index contributed by atoms with van der Waals surface area (Å²) in [6, 6.07) is 11.8. The van der Waals surface area contributed by atoms with E-state index in [4.69, 9.17) is 21.1 Å². The highest BCUT2D eigenvalue weighted by molar-refractivity contribution is 6.30. The van der Waals surface area contributed by atoms with Crippen LogP contribution in [0.2, 0.25) is 5.02 Å². The Morgan fingerprint density at radius 1 is 1.16 bits per heavy atom. The lowest BCUT2D eigenvalue weighted by molar-refractivity contribution is -0.385. The number of para-hydroxylation sites is 2. The van der Waals surface area contributed by atoms with Crippen molar-refractivity contribution in [1.82, 2.24) is 0 Å². The summed E-state index contributed by atoms with van der Waals surface area (Å²) < 4.78 is 10.1. The molecule has 0 N–H and O–H groups in total. The molecule has 25 heavy (non-hydrogen) atoms. The highest BCUT2D eigenvalue weighted by Crippen LogP contribution is 2.25. The van der Waals surface area contributed by atoms with E-state index in [0.29, 0.717) is 10.6 Å². The van der Waals surface area contributed by atoms with Crippen LogP contribution >= 0.6 is 11.6 Å². The Kier molecular flexibility index (Phi) is 6.08. The third-order valence-electron chi connectivity index (χ3n) is 3.21. The Morgan fingerprint density at radius 3 is 2.44 bits per heavy atom. The molecular weight excluding hydrogens is 350 g/mol. The summed E-state index contributed by atoms with van der Waals surface area (Å²) in [6.07, 6.45) is -1.02. The van der Waals surface area contributed by atoms with Crippen LogP contribution in [-0.4, -0.2) is 29.4 Å². The average molecular weight is 364 g/mol. The zero-order chi connectivity index (χ0) is 18.4. The van der Waals surface area contributed by atoms with Crippen molar-refractivity contribution < 1.29 is 24.0 Å². The van der Waals surface area contributed by atoms with Gasteiger partial charge in [0.15, 0.2) is 18.5 Å². The largest absolute Gasteiger partial charge is 0.475 e. The number of Topliss-reactive ketones (excluding diaryl/α,β-unsaturated/α-hetero) is 1. The van der Waals surface area contributed by atoms with Gasteiger partial charge in [-0.3, -0.25) is 14.9 Å². The van der Waals surface area contributed by atoms with Gasteiger partial charge in [-0.05, 0) is 37.3 Å². The molecule has 0 saturated carbocycles. The zero-order valence-corrected chi connectivity index (χ0v) is 13.9. The lowest BCUT2D eigenvalue weighted by Crippen LogP contribution is -2.27. The van der Waals surface area contributed by atoms with E-state index in [0.717, 1.165) is 0 Å². The number of nitro benzene ring substituents is 1. The normalized spacial score (nSPS) is 11.4. The van der Waals surface area contributed by atoms with Gasteiger partial charge < -0.3 is 9.47 Å². The molecule has 0 fully saturated rings. The van der Waals surface area contributed by atoms with Crippen LogP contribution in [0.1, 0.15) is 17.3 Å². The van der Waals surface area contributed by atoms with Crippen molar-refractivity contribution in [2.75, 3.05) is 6.61 Å². The highest BCUT2D eigenvalue weighted by atomic mass is 35.5. The molecule has 2 rings (SSSR count). The van der Waals surface area contributed by atoms with Gasteiger partial charge in [-0.25, -0.2) is 4.79 Å². The van der Waals surface area contributed by atoms with Crippen molar-refractivity contribution in [3.05, 3.63) is 69.2 Å². The third kappa shape index (κ3) is 5.02. The summed E-state index contributed by atoms with van der Waals surface area (Å²) in [6.45, 7) is 0.878. The Labute approximate surface area is 148 Å². The van der Waals surface area contributed by atoms with Gasteiger partial charge in [0.1, 0.15) is 0 Å². The molecule has 0 heterocycles. The Morgan fingerprint density at radius 2 is 1.80 bits per heavy atom. The molecule has 0 amide bonds. The van der Waals surface area contributed by atoms with Crippen molar-refractivity contribution in [1.29, 1.82) is 0 Å². The van der Waals surface area contributed by atoms with Crippen LogP contribution in [-0.2, 0) is 9.53 Å². The number of nitrogens with zero attached hydrogens (tertiary/aromatic N) is 1. The Bertz CT molecular complexity index is 790. The number of hydrogen-bond donors (Lipinski definition) is 0. The molecule has 8 heteroatoms. The number of ether oxygens (including phenoxy) is 2. The molecule has 0 aliphatic heterocycles. The summed E-state index contributed by atoms with van der Waals surface area (Å²) in [5.74, 6) is -1.26. The minimum Gasteiger partial charge on any atom is -0.475 e. The Hall–Kier alpha value is -2.93. The van der Waals surface area contributed by atoms with Crippen LogP contribution in [0, 0.1) is 10.1 Å². The molecule has 0 saturated heterocycles. The van der Waals surface area contributed by atoms with E-state index in [1.165, 1.54) is 37.3 Å². The van der Waals surface area contributed by atoms with E-state index >= 15 is 0 Å². The third-order valence-corrected chi connectivity index (χ3v) is 3.47. The lowest BCUT2D eigenvalue weighted by atomic mass is 10.1. The Balaban J connectivity index is 1.93. The zero-order valence-electron chi connectivity index (χ0n) is 13.2. The molecule has 7 nitrogen and oxygen atoms in total. The van der Waals surface area contributed by atoms with Crippen LogP contribution in [0.3, 0.4) is 0 Å². The molecule has 0 radical (unpaired) electrons. The van der Waals surface area contributed by atoms with Gasteiger partial charge in [0, 0.05) is 16.7 Å². The van der Waals surface area contributed by atoms with Gasteiger partial charge >= 0.3 is 11.7 Å². The fourth-order valence-electron chi connectivity index (χ4n) is 2.00. The number of benzene rings is 2. The standard InChI is InChI=1S/C17H14ClNO6/c1-11(17(21)12-6-8-13(18)9-7-12)25-16(20)10-24-15-5-3-2-4-14(15)19(22)23/h2-9,11H,10H2,1H3/t11-/m0/s1. The van der Waals surface area contributed by atoms with Gasteiger partial charge in [-0.15, -0.1) is 0 Å². The van der Waals surface area contributed by atoms with Gasteiger partial charge in [-0.2, -0.15) is 0 Å². The maximum atomic E-state index is 12.2. The summed E-state index contributed by atoms with van der Waals surface area (Å²) in [7, 11) is 0. The van der Waals surface area contributed by atoms with Crippen LogP contribution in [0.25, 0.3) is 0 Å². The maximum Gasteiger partial charge on any atom is 0.344 e. The minimum atomic E-state index is -1.02. The number of carbonyl (C=O) groups is 2. The van der Waals surface area contributed by atoms with E-state index in [2.05, 4.69) is 0 Å². The first-order chi connectivity index (χ1) is 11.9. The molecule has 1 atom stereocenters. The molecule has 2 aromatic rings. The van der Waals surface area contributed by atoms with Crippen molar-refractivity contribution in [3.8, 4) is 5.75 Å². The molecule has 0 bridgehead atoms.